The molecule has 0 fully saturated rings. The van der Waals surface area contributed by atoms with Crippen LogP contribution in [0.3, 0.4) is 0 Å². The highest BCUT2D eigenvalue weighted by molar-refractivity contribution is 6.00. The van der Waals surface area contributed by atoms with Gasteiger partial charge in [-0.05, 0) is 120 Å². The van der Waals surface area contributed by atoms with E-state index in [-0.39, 0.29) is 5.41 Å². The third-order valence-corrected chi connectivity index (χ3v) is 15.1. The minimum absolute atomic E-state index is 0.114. The molecule has 310 valence electrons. The van der Waals surface area contributed by atoms with E-state index >= 15 is 0 Å². The number of anilines is 3. The lowest BCUT2D eigenvalue weighted by atomic mass is 9.65. The SMILES string of the molecule is CC1(C)c2ccccc2-c2ccc(N(c3ccc(-c4ccc5c(c4)C4(c6ccccc6-5)c5ccc6ccccc6c5Oc5c4ccc4ccccc54)cc3)c3ccc4ccccc4c3)cc21. The second-order valence-electron chi connectivity index (χ2n) is 18.8. The molecule has 2 heteroatoms. The lowest BCUT2D eigenvalue weighted by Gasteiger charge is -2.40. The van der Waals surface area contributed by atoms with E-state index in [2.05, 4.69) is 243 Å². The van der Waals surface area contributed by atoms with Gasteiger partial charge in [0.2, 0.25) is 0 Å². The largest absolute Gasteiger partial charge is 0.455 e. The van der Waals surface area contributed by atoms with Crippen LogP contribution in [0.4, 0.5) is 17.1 Å². The van der Waals surface area contributed by atoms with Crippen LogP contribution >= 0.6 is 0 Å². The van der Waals surface area contributed by atoms with Crippen LogP contribution in [0.2, 0.25) is 0 Å². The van der Waals surface area contributed by atoms with Crippen LogP contribution in [0.25, 0.3) is 65.7 Å². The molecule has 0 saturated heterocycles. The molecule has 2 aliphatic carbocycles. The third-order valence-electron chi connectivity index (χ3n) is 15.1. The number of fused-ring (bicyclic) bond motifs is 17. The van der Waals surface area contributed by atoms with E-state index in [9.17, 15) is 0 Å². The first-order chi connectivity index (χ1) is 32.5. The zero-order valence-electron chi connectivity index (χ0n) is 36.7. The molecule has 1 aliphatic heterocycles. The lowest BCUT2D eigenvalue weighted by Crippen LogP contribution is -2.32. The maximum Gasteiger partial charge on any atom is 0.140 e. The van der Waals surface area contributed by atoms with Gasteiger partial charge in [0.25, 0.3) is 0 Å². The molecule has 0 bridgehead atoms. The molecule has 2 nitrogen and oxygen atoms in total. The zero-order chi connectivity index (χ0) is 43.7. The molecule has 0 N–H and O–H groups in total. The van der Waals surface area contributed by atoms with Crippen molar-refractivity contribution in [1.29, 1.82) is 0 Å². The van der Waals surface area contributed by atoms with Gasteiger partial charge in [-0.1, -0.05) is 196 Å². The molecular formula is C64H43NO. The van der Waals surface area contributed by atoms with Crippen LogP contribution < -0.4 is 9.64 Å². The first-order valence-corrected chi connectivity index (χ1v) is 23.1. The quantitative estimate of drug-likeness (QED) is 0.175. The molecule has 0 saturated carbocycles. The predicted octanol–water partition coefficient (Wildman–Crippen LogP) is 17.1. The molecule has 0 amide bonds. The standard InChI is InChI=1S/C64H43NO/c1-63(2)55-21-11-9-19-51(55)53-34-32-48(39-59(53)63)65(47-31-25-40-13-3-4-16-44(40)37-47)46-29-23-41(24-30-46)45-26-33-54-52-20-10-12-22-56(52)64(60(54)38-45)57-35-27-42-14-5-7-17-49(42)61(57)66-62-50-18-8-6-15-43(50)28-36-58(62)64/h3-39H,1-2H3. The van der Waals surface area contributed by atoms with Crippen molar-refractivity contribution in [2.45, 2.75) is 24.7 Å². The molecule has 11 aromatic carbocycles. The molecular weight excluding hydrogens is 799 g/mol. The van der Waals surface area contributed by atoms with Crippen molar-refractivity contribution in [3.8, 4) is 44.9 Å². The van der Waals surface area contributed by atoms with Gasteiger partial charge in [0.05, 0.1) is 5.41 Å². The number of hydrogen-bond donors (Lipinski definition) is 0. The average Bonchev–Trinajstić information content (AvgIpc) is 3.78. The Bertz CT molecular complexity index is 3750. The smallest absolute Gasteiger partial charge is 0.140 e. The molecule has 14 rings (SSSR count). The summed E-state index contributed by atoms with van der Waals surface area (Å²) < 4.78 is 7.22. The van der Waals surface area contributed by atoms with E-state index in [0.29, 0.717) is 0 Å². The predicted molar refractivity (Wildman–Crippen MR) is 274 cm³/mol. The Morgan fingerprint density at radius 2 is 0.803 bits per heavy atom. The third kappa shape index (κ3) is 5.07. The Morgan fingerprint density at radius 1 is 0.318 bits per heavy atom. The fraction of sp³-hybridized carbons (Fsp3) is 0.0625. The maximum atomic E-state index is 7.22. The summed E-state index contributed by atoms with van der Waals surface area (Å²) in [5.74, 6) is 1.86. The topological polar surface area (TPSA) is 12.5 Å². The van der Waals surface area contributed by atoms with Gasteiger partial charge in [-0.25, -0.2) is 0 Å². The van der Waals surface area contributed by atoms with Crippen molar-refractivity contribution in [3.05, 3.63) is 258 Å². The Hall–Kier alpha value is -8.20. The summed E-state index contributed by atoms with van der Waals surface area (Å²) >= 11 is 0. The Morgan fingerprint density at radius 3 is 1.52 bits per heavy atom. The van der Waals surface area contributed by atoms with Crippen molar-refractivity contribution >= 4 is 49.4 Å². The molecule has 0 atom stereocenters. The van der Waals surface area contributed by atoms with Crippen molar-refractivity contribution in [2.75, 3.05) is 4.90 Å². The zero-order valence-corrected chi connectivity index (χ0v) is 36.7. The number of rotatable bonds is 4. The second-order valence-corrected chi connectivity index (χ2v) is 18.8. The van der Waals surface area contributed by atoms with Crippen LogP contribution in [0, 0.1) is 0 Å². The monoisotopic (exact) mass is 841 g/mol. The molecule has 66 heavy (non-hydrogen) atoms. The maximum absolute atomic E-state index is 7.22. The molecule has 1 heterocycles. The van der Waals surface area contributed by atoms with Gasteiger partial charge in [-0.2, -0.15) is 0 Å². The fourth-order valence-corrected chi connectivity index (χ4v) is 12.0. The van der Waals surface area contributed by atoms with E-state index in [1.165, 1.54) is 88.3 Å². The molecule has 3 aliphatic rings. The van der Waals surface area contributed by atoms with Crippen LogP contribution in [-0.2, 0) is 10.8 Å². The number of hydrogen-bond acceptors (Lipinski definition) is 2. The summed E-state index contributed by atoms with van der Waals surface area (Å²) in [6, 6.07) is 83.2. The highest BCUT2D eigenvalue weighted by Crippen LogP contribution is 2.64. The molecule has 0 radical (unpaired) electrons. The van der Waals surface area contributed by atoms with Gasteiger partial charge in [0.1, 0.15) is 11.5 Å². The van der Waals surface area contributed by atoms with E-state index in [1.54, 1.807) is 0 Å². The van der Waals surface area contributed by atoms with Crippen molar-refractivity contribution < 1.29 is 4.74 Å². The Balaban J connectivity index is 0.946. The highest BCUT2D eigenvalue weighted by Gasteiger charge is 2.52. The summed E-state index contributed by atoms with van der Waals surface area (Å²) in [5.41, 5.74) is 17.8. The van der Waals surface area contributed by atoms with E-state index < -0.39 is 5.41 Å². The first-order valence-electron chi connectivity index (χ1n) is 23.1. The minimum Gasteiger partial charge on any atom is -0.455 e. The second kappa shape index (κ2) is 13.7. The van der Waals surface area contributed by atoms with Gasteiger partial charge in [-0.15, -0.1) is 0 Å². The highest BCUT2D eigenvalue weighted by atomic mass is 16.5. The molecule has 0 aromatic heterocycles. The van der Waals surface area contributed by atoms with Crippen LogP contribution in [0.5, 0.6) is 11.5 Å². The molecule has 0 unspecified atom stereocenters. The van der Waals surface area contributed by atoms with Gasteiger partial charge < -0.3 is 9.64 Å². The molecule has 1 spiro atoms. The van der Waals surface area contributed by atoms with E-state index in [1.807, 2.05) is 0 Å². The van der Waals surface area contributed by atoms with Crippen LogP contribution in [0.1, 0.15) is 47.2 Å². The summed E-state index contributed by atoms with van der Waals surface area (Å²) in [7, 11) is 0. The first kappa shape index (κ1) is 37.2. The van der Waals surface area contributed by atoms with Crippen molar-refractivity contribution in [3.63, 3.8) is 0 Å². The average molecular weight is 842 g/mol. The lowest BCUT2D eigenvalue weighted by molar-refractivity contribution is 0.447. The van der Waals surface area contributed by atoms with Crippen LogP contribution in [0.15, 0.2) is 224 Å². The normalized spacial score (nSPS) is 14.3. The van der Waals surface area contributed by atoms with Crippen LogP contribution in [-0.4, -0.2) is 0 Å². The summed E-state index contributed by atoms with van der Waals surface area (Å²) in [6.07, 6.45) is 0. The van der Waals surface area contributed by atoms with E-state index in [0.717, 1.165) is 39.3 Å². The Kier molecular flexibility index (Phi) is 7.70. The number of nitrogens with zero attached hydrogens (tertiary/aromatic N) is 1. The number of ether oxygens (including phenoxy) is 1. The Labute approximate surface area is 384 Å². The fourth-order valence-electron chi connectivity index (χ4n) is 12.0. The van der Waals surface area contributed by atoms with Gasteiger partial charge in [0, 0.05) is 44.4 Å². The van der Waals surface area contributed by atoms with E-state index in [4.69, 9.17) is 4.74 Å². The summed E-state index contributed by atoms with van der Waals surface area (Å²) in [6.45, 7) is 4.72. The van der Waals surface area contributed by atoms with Gasteiger partial charge >= 0.3 is 0 Å². The minimum atomic E-state index is -0.604. The van der Waals surface area contributed by atoms with Gasteiger partial charge in [-0.3, -0.25) is 0 Å². The summed E-state index contributed by atoms with van der Waals surface area (Å²) in [5, 5.41) is 7.03. The van der Waals surface area contributed by atoms with Gasteiger partial charge in [0.15, 0.2) is 0 Å². The van der Waals surface area contributed by atoms with Crippen molar-refractivity contribution in [1.82, 2.24) is 0 Å². The van der Waals surface area contributed by atoms with Crippen molar-refractivity contribution in [2.24, 2.45) is 0 Å². The summed E-state index contributed by atoms with van der Waals surface area (Å²) in [4.78, 5) is 2.43. The number of benzene rings is 11. The molecule has 11 aromatic rings.